The third kappa shape index (κ3) is 4.61. The lowest BCUT2D eigenvalue weighted by Gasteiger charge is -2.29. The predicted octanol–water partition coefficient (Wildman–Crippen LogP) is 3.92. The van der Waals surface area contributed by atoms with Gasteiger partial charge >= 0.3 is 0 Å². The molecule has 10 heteroatoms. The lowest BCUT2D eigenvalue weighted by Crippen LogP contribution is -2.38. The highest BCUT2D eigenvalue weighted by molar-refractivity contribution is 7.88. The highest BCUT2D eigenvalue weighted by Gasteiger charge is 2.30. The molecule has 0 spiro atoms. The van der Waals surface area contributed by atoms with Gasteiger partial charge in [0.25, 0.3) is 0 Å². The number of hydrogen-bond acceptors (Lipinski definition) is 7. The zero-order chi connectivity index (χ0) is 23.7. The van der Waals surface area contributed by atoms with Gasteiger partial charge < -0.3 is 4.74 Å². The van der Waals surface area contributed by atoms with Crippen molar-refractivity contribution in [2.45, 2.75) is 18.8 Å². The van der Waals surface area contributed by atoms with Gasteiger partial charge in [-0.25, -0.2) is 12.7 Å². The van der Waals surface area contributed by atoms with E-state index in [4.69, 9.17) is 9.84 Å². The van der Waals surface area contributed by atoms with Gasteiger partial charge in [-0.3, -0.25) is 0 Å². The molecule has 0 bridgehead atoms. The molecule has 34 heavy (non-hydrogen) atoms. The van der Waals surface area contributed by atoms with Gasteiger partial charge in [0.1, 0.15) is 10.8 Å². The summed E-state index contributed by atoms with van der Waals surface area (Å²) in [5.41, 5.74) is 3.17. The van der Waals surface area contributed by atoms with Crippen LogP contribution in [0.5, 0.6) is 5.75 Å². The fourth-order valence-electron chi connectivity index (χ4n) is 4.26. The van der Waals surface area contributed by atoms with Gasteiger partial charge in [0, 0.05) is 19.0 Å². The zero-order valence-corrected chi connectivity index (χ0v) is 20.6. The Morgan fingerprint density at radius 2 is 1.82 bits per heavy atom. The zero-order valence-electron chi connectivity index (χ0n) is 19.0. The first-order valence-corrected chi connectivity index (χ1v) is 13.7. The van der Waals surface area contributed by atoms with Gasteiger partial charge in [-0.1, -0.05) is 53.8 Å². The molecule has 3 heterocycles. The average Bonchev–Trinajstić information content (AvgIpc) is 3.43. The van der Waals surface area contributed by atoms with E-state index >= 15 is 0 Å². The molecular weight excluding hydrogens is 470 g/mol. The van der Waals surface area contributed by atoms with Crippen molar-refractivity contribution < 1.29 is 13.2 Å². The van der Waals surface area contributed by atoms with Crippen LogP contribution in [-0.2, 0) is 10.0 Å². The summed E-state index contributed by atoms with van der Waals surface area (Å²) in [5.74, 6) is 1.48. The third-order valence-electron chi connectivity index (χ3n) is 6.00. The molecule has 8 nitrogen and oxygen atoms in total. The van der Waals surface area contributed by atoms with Gasteiger partial charge in [0.2, 0.25) is 15.0 Å². The monoisotopic (exact) mass is 495 g/mol. The van der Waals surface area contributed by atoms with Crippen LogP contribution >= 0.6 is 11.3 Å². The van der Waals surface area contributed by atoms with E-state index in [2.05, 4.69) is 28.4 Å². The highest BCUT2D eigenvalue weighted by Crippen LogP contribution is 2.31. The number of rotatable bonds is 6. The van der Waals surface area contributed by atoms with Crippen molar-refractivity contribution in [3.63, 3.8) is 0 Å². The Labute approximate surface area is 202 Å². The van der Waals surface area contributed by atoms with Gasteiger partial charge in [-0.2, -0.15) is 9.61 Å². The van der Waals surface area contributed by atoms with Crippen LogP contribution in [0.3, 0.4) is 0 Å². The van der Waals surface area contributed by atoms with E-state index in [9.17, 15) is 8.42 Å². The first-order chi connectivity index (χ1) is 16.4. The summed E-state index contributed by atoms with van der Waals surface area (Å²) >= 11 is 1.46. The lowest BCUT2D eigenvalue weighted by atomic mass is 9.97. The number of fused-ring (bicyclic) bond motifs is 1. The van der Waals surface area contributed by atoms with Crippen molar-refractivity contribution in [3.05, 3.63) is 76.6 Å². The lowest BCUT2D eigenvalue weighted by molar-refractivity contribution is 0.309. The van der Waals surface area contributed by atoms with Crippen molar-refractivity contribution in [1.29, 1.82) is 0 Å². The number of nitrogens with zero attached hydrogens (tertiary/aromatic N) is 5. The molecule has 0 saturated carbocycles. The number of sulfonamides is 1. The topological polar surface area (TPSA) is 89.7 Å². The summed E-state index contributed by atoms with van der Waals surface area (Å²) in [6, 6.07) is 18.1. The summed E-state index contributed by atoms with van der Waals surface area (Å²) in [7, 11) is -1.59. The van der Waals surface area contributed by atoms with Crippen LogP contribution in [-0.4, -0.2) is 59.0 Å². The van der Waals surface area contributed by atoms with E-state index in [1.807, 2.05) is 42.5 Å². The Kier molecular flexibility index (Phi) is 6.20. The van der Waals surface area contributed by atoms with E-state index < -0.39 is 10.0 Å². The summed E-state index contributed by atoms with van der Waals surface area (Å²) in [6.45, 7) is 0.952. The first kappa shape index (κ1) is 22.7. The van der Waals surface area contributed by atoms with Crippen molar-refractivity contribution in [2.24, 2.45) is 0 Å². The molecule has 1 saturated heterocycles. The molecule has 1 aliphatic heterocycles. The number of methoxy groups -OCH3 is 1. The molecule has 1 fully saturated rings. The number of hydrogen-bond donors (Lipinski definition) is 0. The Balaban J connectivity index is 1.52. The van der Waals surface area contributed by atoms with Crippen molar-refractivity contribution in [1.82, 2.24) is 24.1 Å². The van der Waals surface area contributed by atoms with E-state index in [-0.39, 0.29) is 5.92 Å². The normalized spacial score (nSPS) is 17.8. The van der Waals surface area contributed by atoms with E-state index in [1.165, 1.54) is 21.9 Å². The smallest absolute Gasteiger partial charge is 0.234 e. The highest BCUT2D eigenvalue weighted by atomic mass is 32.2. The molecule has 2 aromatic heterocycles. The minimum Gasteiger partial charge on any atom is -0.497 e. The fraction of sp³-hybridized carbons (Fsp3) is 0.292. The number of benzene rings is 2. The molecule has 0 N–H and O–H groups in total. The van der Waals surface area contributed by atoms with Crippen molar-refractivity contribution in [3.8, 4) is 5.75 Å². The second-order valence-corrected chi connectivity index (χ2v) is 11.3. The van der Waals surface area contributed by atoms with Crippen LogP contribution in [0.2, 0.25) is 0 Å². The standard InChI is InChI=1S/C24H25N5O3S2/c1-32-20-12-10-18(11-13-20)21(17-7-4-3-5-8-17)15-22-27-29-23(25-26-24(29)33-22)19-9-6-14-28(16-19)34(2,30)31/h3-5,7-8,10-13,15,19H,6,9,14,16H2,1-2H3. The minimum atomic E-state index is -3.24. The largest absolute Gasteiger partial charge is 0.497 e. The Bertz CT molecular complexity index is 1430. The van der Waals surface area contributed by atoms with E-state index in [0.717, 1.165) is 40.3 Å². The second-order valence-electron chi connectivity index (χ2n) is 8.31. The molecule has 176 valence electrons. The summed E-state index contributed by atoms with van der Waals surface area (Å²) in [6.07, 6.45) is 4.96. The average molecular weight is 496 g/mol. The third-order valence-corrected chi connectivity index (χ3v) is 8.12. The van der Waals surface area contributed by atoms with Crippen LogP contribution in [0.4, 0.5) is 0 Å². The van der Waals surface area contributed by atoms with Crippen LogP contribution in [0.15, 0.2) is 54.6 Å². The molecule has 1 aliphatic rings. The van der Waals surface area contributed by atoms with Gasteiger partial charge in [-0.15, -0.1) is 10.2 Å². The molecule has 4 aromatic rings. The molecule has 1 atom stereocenters. The predicted molar refractivity (Wildman–Crippen MR) is 133 cm³/mol. The van der Waals surface area contributed by atoms with E-state index in [1.54, 1.807) is 11.6 Å². The number of aromatic nitrogens is 4. The quantitative estimate of drug-likeness (QED) is 0.403. The van der Waals surface area contributed by atoms with E-state index in [0.29, 0.717) is 23.9 Å². The Hall–Kier alpha value is -3.08. The molecule has 2 aromatic carbocycles. The molecular formula is C24H25N5O3S2. The number of ether oxygens (including phenoxy) is 1. The van der Waals surface area contributed by atoms with Crippen LogP contribution in [0.1, 0.15) is 40.7 Å². The van der Waals surface area contributed by atoms with Crippen LogP contribution in [0.25, 0.3) is 16.6 Å². The SMILES string of the molecule is COc1ccc(C(=Cc2nn3c(C4CCCN(S(C)(=O)=O)C4)nnc3s2)c2ccccc2)cc1. The fourth-order valence-corrected chi connectivity index (χ4v) is 5.96. The Morgan fingerprint density at radius 3 is 2.53 bits per heavy atom. The Morgan fingerprint density at radius 1 is 1.09 bits per heavy atom. The summed E-state index contributed by atoms with van der Waals surface area (Å²) in [5, 5.41) is 14.3. The van der Waals surface area contributed by atoms with Crippen LogP contribution in [0, 0.1) is 0 Å². The molecule has 0 aliphatic carbocycles. The number of piperidine rings is 1. The maximum Gasteiger partial charge on any atom is 0.234 e. The molecule has 0 radical (unpaired) electrons. The molecule has 5 rings (SSSR count). The summed E-state index contributed by atoms with van der Waals surface area (Å²) < 4.78 is 32.7. The van der Waals surface area contributed by atoms with Gasteiger partial charge in [0.05, 0.1) is 13.4 Å². The van der Waals surface area contributed by atoms with Crippen molar-refractivity contribution in [2.75, 3.05) is 26.5 Å². The van der Waals surface area contributed by atoms with Gasteiger partial charge in [-0.05, 0) is 47.8 Å². The van der Waals surface area contributed by atoms with Gasteiger partial charge in [0.15, 0.2) is 5.82 Å². The summed E-state index contributed by atoms with van der Waals surface area (Å²) in [4.78, 5) is 0.694. The van der Waals surface area contributed by atoms with Crippen LogP contribution < -0.4 is 4.74 Å². The first-order valence-electron chi connectivity index (χ1n) is 11.0. The molecule has 1 unspecified atom stereocenters. The second kappa shape index (κ2) is 9.28. The van der Waals surface area contributed by atoms with Crippen molar-refractivity contribution >= 4 is 38.0 Å². The minimum absolute atomic E-state index is 0.0346. The maximum absolute atomic E-state index is 12.1. The maximum atomic E-state index is 12.1. The molecule has 0 amide bonds.